The number of carbonyl (C=O) groups excluding carboxylic acids is 3. The van der Waals surface area contributed by atoms with Crippen LogP contribution in [0.5, 0.6) is 0 Å². The number of nitrogens with zero attached hydrogens (tertiary/aromatic N) is 2. The van der Waals surface area contributed by atoms with Gasteiger partial charge in [-0.3, -0.25) is 19.3 Å². The van der Waals surface area contributed by atoms with Gasteiger partial charge in [-0.05, 0) is 65.5 Å². The SMILES string of the molecule is CC(=O)N1CCC(C(=O)NCc2ccccc2)(N(C(=O)c2ccccc2Br)c2ccc(C)cc2)CC1. The van der Waals surface area contributed by atoms with Crippen LogP contribution in [0.1, 0.15) is 41.3 Å². The van der Waals surface area contributed by atoms with Crippen LogP contribution < -0.4 is 10.2 Å². The summed E-state index contributed by atoms with van der Waals surface area (Å²) in [5, 5.41) is 3.09. The van der Waals surface area contributed by atoms with Crippen molar-refractivity contribution in [3.8, 4) is 0 Å². The van der Waals surface area contributed by atoms with Gasteiger partial charge in [-0.15, -0.1) is 0 Å². The number of hydrogen-bond donors (Lipinski definition) is 1. The zero-order chi connectivity index (χ0) is 25.7. The summed E-state index contributed by atoms with van der Waals surface area (Å²) in [6.07, 6.45) is 0.661. The number of piperidine rings is 1. The molecule has 0 radical (unpaired) electrons. The Morgan fingerprint density at radius 2 is 1.53 bits per heavy atom. The molecule has 1 fully saturated rings. The molecule has 0 saturated carbocycles. The molecule has 1 saturated heterocycles. The van der Waals surface area contributed by atoms with Crippen LogP contribution in [0.3, 0.4) is 0 Å². The predicted octanol–water partition coefficient (Wildman–Crippen LogP) is 5.10. The molecule has 36 heavy (non-hydrogen) atoms. The van der Waals surface area contributed by atoms with Gasteiger partial charge in [-0.2, -0.15) is 0 Å². The second kappa shape index (κ2) is 11.1. The van der Waals surface area contributed by atoms with Gasteiger partial charge in [0.1, 0.15) is 5.54 Å². The first-order chi connectivity index (χ1) is 17.3. The maximum atomic E-state index is 14.2. The fraction of sp³-hybridized carbons (Fsp3) is 0.276. The smallest absolute Gasteiger partial charge is 0.260 e. The molecular weight excluding hydrogens is 518 g/mol. The average Bonchev–Trinajstić information content (AvgIpc) is 2.89. The van der Waals surface area contributed by atoms with Crippen LogP contribution >= 0.6 is 15.9 Å². The molecule has 0 aromatic heterocycles. The van der Waals surface area contributed by atoms with Gasteiger partial charge in [0.2, 0.25) is 11.8 Å². The number of anilines is 1. The van der Waals surface area contributed by atoms with E-state index in [-0.39, 0.29) is 17.7 Å². The Kier molecular flexibility index (Phi) is 7.89. The molecule has 3 aromatic carbocycles. The lowest BCUT2D eigenvalue weighted by Crippen LogP contribution is -2.65. The molecule has 0 spiro atoms. The van der Waals surface area contributed by atoms with E-state index in [4.69, 9.17) is 0 Å². The molecule has 6 nitrogen and oxygen atoms in total. The average molecular weight is 548 g/mol. The second-order valence-corrected chi connectivity index (χ2v) is 10.0. The van der Waals surface area contributed by atoms with E-state index in [0.717, 1.165) is 11.1 Å². The van der Waals surface area contributed by atoms with Crippen LogP contribution in [0.4, 0.5) is 5.69 Å². The Balaban J connectivity index is 1.78. The van der Waals surface area contributed by atoms with Gasteiger partial charge in [0.25, 0.3) is 5.91 Å². The largest absolute Gasteiger partial charge is 0.350 e. The number of hydrogen-bond acceptors (Lipinski definition) is 3. The van der Waals surface area contributed by atoms with E-state index < -0.39 is 5.54 Å². The van der Waals surface area contributed by atoms with Gasteiger partial charge in [0.15, 0.2) is 0 Å². The normalized spacial score (nSPS) is 14.7. The van der Waals surface area contributed by atoms with Gasteiger partial charge in [-0.25, -0.2) is 0 Å². The zero-order valence-corrected chi connectivity index (χ0v) is 22.1. The van der Waals surface area contributed by atoms with Gasteiger partial charge < -0.3 is 10.2 Å². The summed E-state index contributed by atoms with van der Waals surface area (Å²) in [7, 11) is 0. The van der Waals surface area contributed by atoms with Crippen LogP contribution in [0.15, 0.2) is 83.3 Å². The van der Waals surface area contributed by atoms with E-state index >= 15 is 0 Å². The monoisotopic (exact) mass is 547 g/mol. The van der Waals surface area contributed by atoms with Crippen molar-refractivity contribution in [2.45, 2.75) is 38.8 Å². The quantitative estimate of drug-likeness (QED) is 0.466. The summed E-state index contributed by atoms with van der Waals surface area (Å²) in [4.78, 5) is 43.7. The van der Waals surface area contributed by atoms with E-state index in [2.05, 4.69) is 21.2 Å². The van der Waals surface area contributed by atoms with Crippen LogP contribution in [-0.2, 0) is 16.1 Å². The number of benzene rings is 3. The number of rotatable bonds is 6. The molecule has 0 atom stereocenters. The lowest BCUT2D eigenvalue weighted by Gasteiger charge is -2.47. The molecule has 0 bridgehead atoms. The molecule has 1 N–H and O–H groups in total. The van der Waals surface area contributed by atoms with Gasteiger partial charge >= 0.3 is 0 Å². The summed E-state index contributed by atoms with van der Waals surface area (Å²) >= 11 is 3.52. The molecule has 7 heteroatoms. The van der Waals surface area contributed by atoms with Gasteiger partial charge in [0, 0.05) is 36.7 Å². The number of likely N-dealkylation sites (tertiary alicyclic amines) is 1. The first-order valence-electron chi connectivity index (χ1n) is 12.1. The molecular formula is C29H30BrN3O3. The molecule has 0 aliphatic carbocycles. The first-order valence-corrected chi connectivity index (χ1v) is 12.8. The van der Waals surface area contributed by atoms with Crippen LogP contribution in [0, 0.1) is 6.92 Å². The Morgan fingerprint density at radius 3 is 2.14 bits per heavy atom. The highest BCUT2D eigenvalue weighted by molar-refractivity contribution is 9.10. The number of halogens is 1. The summed E-state index contributed by atoms with van der Waals surface area (Å²) in [6.45, 7) is 4.64. The van der Waals surface area contributed by atoms with Crippen molar-refractivity contribution >= 4 is 39.3 Å². The summed E-state index contributed by atoms with van der Waals surface area (Å²) < 4.78 is 0.660. The Bertz CT molecular complexity index is 1240. The van der Waals surface area contributed by atoms with E-state index in [0.29, 0.717) is 48.2 Å². The molecule has 1 aliphatic rings. The number of amides is 3. The van der Waals surface area contributed by atoms with Crippen molar-refractivity contribution in [3.63, 3.8) is 0 Å². The van der Waals surface area contributed by atoms with Gasteiger partial charge in [-0.1, -0.05) is 60.2 Å². The molecule has 0 unspecified atom stereocenters. The van der Waals surface area contributed by atoms with E-state index in [1.54, 1.807) is 15.9 Å². The number of carbonyl (C=O) groups is 3. The Morgan fingerprint density at radius 1 is 0.917 bits per heavy atom. The lowest BCUT2D eigenvalue weighted by molar-refractivity contribution is -0.135. The standard InChI is InChI=1S/C29H30BrN3O3/c1-21-12-14-24(15-13-21)33(27(35)25-10-6-7-11-26(25)30)29(16-18-32(19-17-29)22(2)34)28(36)31-20-23-8-4-3-5-9-23/h3-15H,16-20H2,1-2H3,(H,31,36). The third-order valence-corrected chi connectivity index (χ3v) is 7.47. The zero-order valence-electron chi connectivity index (χ0n) is 20.5. The van der Waals surface area contributed by atoms with Crippen LogP contribution in [0.2, 0.25) is 0 Å². The van der Waals surface area contributed by atoms with Crippen LogP contribution in [0.25, 0.3) is 0 Å². The van der Waals surface area contributed by atoms with Crippen molar-refractivity contribution in [1.82, 2.24) is 10.2 Å². The highest BCUT2D eigenvalue weighted by Gasteiger charge is 2.49. The number of nitrogens with one attached hydrogen (secondary N) is 1. The first kappa shape index (κ1) is 25.6. The molecule has 4 rings (SSSR count). The Hall–Kier alpha value is -3.45. The molecule has 186 valence electrons. The van der Waals surface area contributed by atoms with Crippen LogP contribution in [-0.4, -0.2) is 41.2 Å². The predicted molar refractivity (Wildman–Crippen MR) is 145 cm³/mol. The van der Waals surface area contributed by atoms with Crippen molar-refractivity contribution in [2.75, 3.05) is 18.0 Å². The molecule has 1 aliphatic heterocycles. The second-order valence-electron chi connectivity index (χ2n) is 9.16. The minimum absolute atomic E-state index is 0.0349. The third kappa shape index (κ3) is 5.36. The van der Waals surface area contributed by atoms with E-state index in [1.165, 1.54) is 6.92 Å². The van der Waals surface area contributed by atoms with Crippen molar-refractivity contribution < 1.29 is 14.4 Å². The highest BCUT2D eigenvalue weighted by atomic mass is 79.9. The minimum Gasteiger partial charge on any atom is -0.350 e. The Labute approximate surface area is 220 Å². The maximum Gasteiger partial charge on any atom is 0.260 e. The highest BCUT2D eigenvalue weighted by Crippen LogP contribution is 2.36. The topological polar surface area (TPSA) is 69.7 Å². The van der Waals surface area contributed by atoms with E-state index in [9.17, 15) is 14.4 Å². The fourth-order valence-electron chi connectivity index (χ4n) is 4.69. The third-order valence-electron chi connectivity index (χ3n) is 6.78. The molecule has 3 aromatic rings. The molecule has 3 amide bonds. The fourth-order valence-corrected chi connectivity index (χ4v) is 5.15. The summed E-state index contributed by atoms with van der Waals surface area (Å²) in [6, 6.07) is 24.6. The maximum absolute atomic E-state index is 14.2. The number of aryl methyl sites for hydroxylation is 1. The molecule has 1 heterocycles. The van der Waals surface area contributed by atoms with Crippen molar-refractivity contribution in [2.24, 2.45) is 0 Å². The van der Waals surface area contributed by atoms with Gasteiger partial charge in [0.05, 0.1) is 5.56 Å². The van der Waals surface area contributed by atoms with Crippen molar-refractivity contribution in [3.05, 3.63) is 100 Å². The summed E-state index contributed by atoms with van der Waals surface area (Å²) in [5.74, 6) is -0.527. The minimum atomic E-state index is -1.16. The lowest BCUT2D eigenvalue weighted by atomic mass is 9.83. The van der Waals surface area contributed by atoms with E-state index in [1.807, 2.05) is 79.7 Å². The summed E-state index contributed by atoms with van der Waals surface area (Å²) in [5.41, 5.74) is 1.99. The van der Waals surface area contributed by atoms with Crippen molar-refractivity contribution in [1.29, 1.82) is 0 Å².